The Bertz CT molecular complexity index is 132. The van der Waals surface area contributed by atoms with E-state index in [-0.39, 0.29) is 6.10 Å². The largest absolute Gasteiger partial charge is 0.376 e. The van der Waals surface area contributed by atoms with E-state index in [1.165, 1.54) is 0 Å². The van der Waals surface area contributed by atoms with Crippen molar-refractivity contribution in [3.8, 4) is 0 Å². The predicted octanol–water partition coefficient (Wildman–Crippen LogP) is 1.46. The van der Waals surface area contributed by atoms with Gasteiger partial charge < -0.3 is 4.74 Å². The Kier molecular flexibility index (Phi) is 3.95. The molecule has 72 valence electrons. The van der Waals surface area contributed by atoms with Crippen LogP contribution in [0.3, 0.4) is 0 Å². The second-order valence-corrected chi connectivity index (χ2v) is 3.45. The highest BCUT2D eigenvalue weighted by atomic mass is 19.1. The first-order valence-electron chi connectivity index (χ1n) is 4.70. The SMILES string of the molecule is CCC(F)CN1CCO[C@H](C)C1. The molecule has 0 saturated carbocycles. The molecule has 1 saturated heterocycles. The van der Waals surface area contributed by atoms with Gasteiger partial charge in [-0.15, -0.1) is 0 Å². The Balaban J connectivity index is 2.22. The normalized spacial score (nSPS) is 28.8. The summed E-state index contributed by atoms with van der Waals surface area (Å²) in [6.07, 6.45) is 0.212. The molecule has 0 bridgehead atoms. The number of nitrogens with zero attached hydrogens (tertiary/aromatic N) is 1. The maximum absolute atomic E-state index is 13.0. The number of morpholine rings is 1. The zero-order chi connectivity index (χ0) is 8.97. The number of ether oxygens (including phenoxy) is 1. The minimum atomic E-state index is -0.671. The minimum Gasteiger partial charge on any atom is -0.376 e. The minimum absolute atomic E-state index is 0.266. The van der Waals surface area contributed by atoms with Gasteiger partial charge in [-0.3, -0.25) is 4.90 Å². The second-order valence-electron chi connectivity index (χ2n) is 3.45. The average molecular weight is 175 g/mol. The first-order chi connectivity index (χ1) is 5.72. The van der Waals surface area contributed by atoms with E-state index < -0.39 is 6.17 Å². The third kappa shape index (κ3) is 3.07. The van der Waals surface area contributed by atoms with Gasteiger partial charge in [-0.2, -0.15) is 0 Å². The standard InChI is InChI=1S/C9H18FNO/c1-3-9(10)7-11-4-5-12-8(2)6-11/h8-9H,3-7H2,1-2H3/t8-,9?/m1/s1. The Morgan fingerprint density at radius 2 is 2.42 bits per heavy atom. The maximum Gasteiger partial charge on any atom is 0.112 e. The van der Waals surface area contributed by atoms with Crippen LogP contribution in [0, 0.1) is 0 Å². The van der Waals surface area contributed by atoms with Gasteiger partial charge in [-0.1, -0.05) is 6.92 Å². The summed E-state index contributed by atoms with van der Waals surface area (Å²) in [6.45, 7) is 6.99. The summed E-state index contributed by atoms with van der Waals surface area (Å²) in [5.74, 6) is 0. The summed E-state index contributed by atoms with van der Waals surface area (Å²) in [7, 11) is 0. The van der Waals surface area contributed by atoms with Crippen molar-refractivity contribution in [2.75, 3.05) is 26.2 Å². The van der Waals surface area contributed by atoms with E-state index in [1.54, 1.807) is 0 Å². The summed E-state index contributed by atoms with van der Waals surface area (Å²) in [6, 6.07) is 0. The van der Waals surface area contributed by atoms with Crippen LogP contribution in [0.1, 0.15) is 20.3 Å². The smallest absolute Gasteiger partial charge is 0.112 e. The fraction of sp³-hybridized carbons (Fsp3) is 1.00. The van der Waals surface area contributed by atoms with Crippen LogP contribution < -0.4 is 0 Å². The van der Waals surface area contributed by atoms with Gasteiger partial charge in [0, 0.05) is 19.6 Å². The van der Waals surface area contributed by atoms with Crippen molar-refractivity contribution in [3.05, 3.63) is 0 Å². The fourth-order valence-electron chi connectivity index (χ4n) is 1.47. The summed E-state index contributed by atoms with van der Waals surface area (Å²) in [5.41, 5.74) is 0. The lowest BCUT2D eigenvalue weighted by atomic mass is 10.2. The molecule has 0 N–H and O–H groups in total. The number of rotatable bonds is 3. The molecule has 12 heavy (non-hydrogen) atoms. The highest BCUT2D eigenvalue weighted by Gasteiger charge is 2.18. The van der Waals surface area contributed by atoms with E-state index in [4.69, 9.17) is 4.74 Å². The monoisotopic (exact) mass is 175 g/mol. The predicted molar refractivity (Wildman–Crippen MR) is 47.0 cm³/mol. The van der Waals surface area contributed by atoms with Gasteiger partial charge in [0.15, 0.2) is 0 Å². The van der Waals surface area contributed by atoms with Gasteiger partial charge in [0.25, 0.3) is 0 Å². The van der Waals surface area contributed by atoms with Gasteiger partial charge in [0.2, 0.25) is 0 Å². The van der Waals surface area contributed by atoms with E-state index in [1.807, 2.05) is 13.8 Å². The van der Waals surface area contributed by atoms with Crippen LogP contribution in [-0.4, -0.2) is 43.4 Å². The zero-order valence-corrected chi connectivity index (χ0v) is 7.92. The van der Waals surface area contributed by atoms with Crippen molar-refractivity contribution in [1.82, 2.24) is 4.90 Å². The number of hydrogen-bond acceptors (Lipinski definition) is 2. The third-order valence-electron chi connectivity index (χ3n) is 2.22. The van der Waals surface area contributed by atoms with Crippen LogP contribution in [0.2, 0.25) is 0 Å². The topological polar surface area (TPSA) is 12.5 Å². The van der Waals surface area contributed by atoms with E-state index in [0.717, 1.165) is 19.7 Å². The number of hydrogen-bond donors (Lipinski definition) is 0. The zero-order valence-electron chi connectivity index (χ0n) is 7.92. The van der Waals surface area contributed by atoms with Crippen molar-refractivity contribution in [3.63, 3.8) is 0 Å². The molecule has 3 heteroatoms. The van der Waals surface area contributed by atoms with Crippen molar-refractivity contribution < 1.29 is 9.13 Å². The molecule has 1 aliphatic rings. The highest BCUT2D eigenvalue weighted by molar-refractivity contribution is 4.70. The molecule has 0 aromatic carbocycles. The molecule has 0 spiro atoms. The summed E-state index contributed by atoms with van der Waals surface area (Å²) in [5, 5.41) is 0. The Morgan fingerprint density at radius 3 is 3.00 bits per heavy atom. The van der Waals surface area contributed by atoms with Crippen LogP contribution >= 0.6 is 0 Å². The van der Waals surface area contributed by atoms with Gasteiger partial charge in [0.1, 0.15) is 6.17 Å². The molecular formula is C9H18FNO. The van der Waals surface area contributed by atoms with E-state index in [0.29, 0.717) is 13.0 Å². The van der Waals surface area contributed by atoms with E-state index in [2.05, 4.69) is 4.90 Å². The summed E-state index contributed by atoms with van der Waals surface area (Å²) < 4.78 is 18.3. The number of halogens is 1. The first-order valence-corrected chi connectivity index (χ1v) is 4.70. The molecule has 0 aromatic heterocycles. The fourth-order valence-corrected chi connectivity index (χ4v) is 1.47. The molecule has 1 fully saturated rings. The van der Waals surface area contributed by atoms with Gasteiger partial charge >= 0.3 is 0 Å². The van der Waals surface area contributed by atoms with Gasteiger partial charge in [-0.05, 0) is 13.3 Å². The molecule has 1 aliphatic heterocycles. The lowest BCUT2D eigenvalue weighted by Crippen LogP contribution is -2.43. The molecule has 0 aromatic rings. The molecule has 1 unspecified atom stereocenters. The van der Waals surface area contributed by atoms with Crippen molar-refractivity contribution in [2.24, 2.45) is 0 Å². The number of alkyl halides is 1. The third-order valence-corrected chi connectivity index (χ3v) is 2.22. The van der Waals surface area contributed by atoms with Crippen molar-refractivity contribution >= 4 is 0 Å². The van der Waals surface area contributed by atoms with Crippen LogP contribution in [0.5, 0.6) is 0 Å². The summed E-state index contributed by atoms with van der Waals surface area (Å²) in [4.78, 5) is 2.14. The average Bonchev–Trinajstić information content (AvgIpc) is 2.04. The Labute approximate surface area is 73.7 Å². The lowest BCUT2D eigenvalue weighted by molar-refractivity contribution is -0.0250. The maximum atomic E-state index is 13.0. The molecule has 2 nitrogen and oxygen atoms in total. The van der Waals surface area contributed by atoms with Crippen LogP contribution in [0.15, 0.2) is 0 Å². The molecule has 2 atom stereocenters. The lowest BCUT2D eigenvalue weighted by Gasteiger charge is -2.31. The van der Waals surface area contributed by atoms with Crippen LogP contribution in [0.4, 0.5) is 4.39 Å². The molecule has 1 heterocycles. The van der Waals surface area contributed by atoms with Crippen molar-refractivity contribution in [1.29, 1.82) is 0 Å². The van der Waals surface area contributed by atoms with Crippen LogP contribution in [0.25, 0.3) is 0 Å². The molecule has 0 radical (unpaired) electrons. The Hall–Kier alpha value is -0.150. The second kappa shape index (κ2) is 4.77. The quantitative estimate of drug-likeness (QED) is 0.644. The van der Waals surface area contributed by atoms with E-state index in [9.17, 15) is 4.39 Å². The first kappa shape index (κ1) is 9.93. The molecular weight excluding hydrogens is 157 g/mol. The highest BCUT2D eigenvalue weighted by Crippen LogP contribution is 2.07. The van der Waals surface area contributed by atoms with Crippen LogP contribution in [-0.2, 0) is 4.74 Å². The van der Waals surface area contributed by atoms with E-state index >= 15 is 0 Å². The van der Waals surface area contributed by atoms with Gasteiger partial charge in [0.05, 0.1) is 12.7 Å². The summed E-state index contributed by atoms with van der Waals surface area (Å²) >= 11 is 0. The van der Waals surface area contributed by atoms with Crippen molar-refractivity contribution in [2.45, 2.75) is 32.5 Å². The molecule has 0 aliphatic carbocycles. The molecule has 1 rings (SSSR count). The molecule has 0 amide bonds. The van der Waals surface area contributed by atoms with Gasteiger partial charge in [-0.25, -0.2) is 4.39 Å². The Morgan fingerprint density at radius 1 is 1.67 bits per heavy atom.